The van der Waals surface area contributed by atoms with Crippen molar-refractivity contribution in [1.82, 2.24) is 26.6 Å². The summed E-state index contributed by atoms with van der Waals surface area (Å²) in [7, 11) is 2.56. The lowest BCUT2D eigenvalue weighted by molar-refractivity contribution is -0.132. The molecule has 1 aliphatic heterocycles. The molecule has 0 aliphatic carbocycles. The highest BCUT2D eigenvalue weighted by atomic mass is 33.1. The van der Waals surface area contributed by atoms with Crippen LogP contribution in [-0.4, -0.2) is 83.3 Å². The van der Waals surface area contributed by atoms with Gasteiger partial charge in [0.05, 0.1) is 19.6 Å². The van der Waals surface area contributed by atoms with Crippen molar-refractivity contribution in [3.8, 4) is 5.75 Å². The van der Waals surface area contributed by atoms with Gasteiger partial charge in [0, 0.05) is 17.4 Å². The van der Waals surface area contributed by atoms with Crippen molar-refractivity contribution in [2.75, 3.05) is 25.4 Å². The van der Waals surface area contributed by atoms with Crippen LogP contribution in [0.2, 0.25) is 0 Å². The number of rotatable bonds is 4. The fourth-order valence-electron chi connectivity index (χ4n) is 3.44. The number of hydrogen-bond donors (Lipinski definition) is 7. The molecular formula is C24H34N6O7S2. The van der Waals surface area contributed by atoms with Crippen LogP contribution in [0.5, 0.6) is 5.75 Å². The molecule has 3 unspecified atom stereocenters. The fourth-order valence-corrected chi connectivity index (χ4v) is 6.16. The molecular weight excluding hydrogens is 548 g/mol. The van der Waals surface area contributed by atoms with E-state index in [2.05, 4.69) is 26.6 Å². The quantitative estimate of drug-likeness (QED) is 0.207. The monoisotopic (exact) mass is 582 g/mol. The van der Waals surface area contributed by atoms with Crippen LogP contribution >= 0.6 is 21.6 Å². The highest BCUT2D eigenvalue weighted by molar-refractivity contribution is 8.77. The van der Waals surface area contributed by atoms with Crippen LogP contribution in [0.25, 0.3) is 0 Å². The number of phenols is 1. The highest BCUT2D eigenvalue weighted by Gasteiger charge is 2.33. The smallest absolute Gasteiger partial charge is 0.243 e. The third kappa shape index (κ3) is 11.4. The van der Waals surface area contributed by atoms with E-state index in [1.165, 1.54) is 33.7 Å². The van der Waals surface area contributed by atoms with Crippen molar-refractivity contribution in [1.29, 1.82) is 0 Å². The van der Waals surface area contributed by atoms with Gasteiger partial charge in [-0.15, -0.1) is 0 Å². The lowest BCUT2D eigenvalue weighted by Crippen LogP contribution is -2.58. The molecule has 1 aromatic rings. The Labute approximate surface area is 233 Å². The van der Waals surface area contributed by atoms with E-state index in [0.717, 1.165) is 5.56 Å². The van der Waals surface area contributed by atoms with Crippen LogP contribution in [-0.2, 0) is 35.2 Å². The van der Waals surface area contributed by atoms with Crippen LogP contribution < -0.4 is 32.3 Å². The third-order valence-electron chi connectivity index (χ3n) is 5.56. The topological polar surface area (TPSA) is 209 Å². The summed E-state index contributed by atoms with van der Waals surface area (Å²) in [5, 5.41) is 21.4. The van der Waals surface area contributed by atoms with Crippen molar-refractivity contribution in [3.05, 3.63) is 29.8 Å². The zero-order valence-electron chi connectivity index (χ0n) is 21.7. The molecule has 0 radical (unpaired) electrons. The molecule has 2 rings (SSSR count). The Morgan fingerprint density at radius 3 is 2.05 bits per heavy atom. The average molecular weight is 583 g/mol. The minimum Gasteiger partial charge on any atom is -0.508 e. The van der Waals surface area contributed by atoms with Crippen molar-refractivity contribution >= 4 is 57.0 Å². The zero-order valence-corrected chi connectivity index (χ0v) is 23.3. The van der Waals surface area contributed by atoms with Gasteiger partial charge in [-0.1, -0.05) is 47.6 Å². The van der Waals surface area contributed by atoms with Gasteiger partial charge in [0.15, 0.2) is 0 Å². The molecule has 3 atom stereocenters. The van der Waals surface area contributed by atoms with Gasteiger partial charge in [-0.3, -0.25) is 28.8 Å². The Kier molecular flexibility index (Phi) is 12.9. The van der Waals surface area contributed by atoms with Gasteiger partial charge in [-0.2, -0.15) is 0 Å². The number of nitrogens with one attached hydrogen (secondary N) is 5. The van der Waals surface area contributed by atoms with Crippen molar-refractivity contribution in [2.24, 2.45) is 11.7 Å². The van der Waals surface area contributed by atoms with Gasteiger partial charge in [0.25, 0.3) is 0 Å². The maximum absolute atomic E-state index is 13.2. The van der Waals surface area contributed by atoms with Crippen LogP contribution in [0.4, 0.5) is 0 Å². The first kappa shape index (κ1) is 31.8. The maximum atomic E-state index is 13.2. The molecule has 39 heavy (non-hydrogen) atoms. The molecule has 1 aliphatic rings. The summed E-state index contributed by atoms with van der Waals surface area (Å²) in [5.41, 5.74) is 6.47. The molecule has 0 aromatic heterocycles. The van der Waals surface area contributed by atoms with Gasteiger partial charge in [0.1, 0.15) is 17.8 Å². The van der Waals surface area contributed by atoms with Crippen molar-refractivity contribution in [2.45, 2.75) is 44.0 Å². The number of carbonyl (C=O) groups excluding carboxylic acids is 6. The van der Waals surface area contributed by atoms with E-state index in [-0.39, 0.29) is 30.5 Å². The summed E-state index contributed by atoms with van der Waals surface area (Å²) < 4.78 is 0. The Morgan fingerprint density at radius 2 is 1.49 bits per heavy atom. The van der Waals surface area contributed by atoms with Crippen molar-refractivity contribution in [3.63, 3.8) is 0 Å². The van der Waals surface area contributed by atoms with Gasteiger partial charge in [0.2, 0.25) is 35.4 Å². The zero-order chi connectivity index (χ0) is 28.9. The van der Waals surface area contributed by atoms with E-state index < -0.39 is 60.0 Å². The molecule has 8 N–H and O–H groups in total. The number of hydrogen-bond acceptors (Lipinski definition) is 9. The summed E-state index contributed by atoms with van der Waals surface area (Å²) in [6.45, 7) is 2.25. The standard InChI is InChI=1S/C24H34N6O7S2/c1-13(2)21-24(37)30-22(23(25)36)16(9-14-3-5-15(31)6-4-14)39-38-8-7-17(32)26-10-18(33)27-11-19(34)28-12-20(35)29-21/h3-6,13,16,21-22,31H,7-12H2,1-2H3,(H2,25,36)(H,26,32)(H,27,33)(H,28,34)(H,29,35)(H,30,37). The van der Waals surface area contributed by atoms with E-state index in [4.69, 9.17) is 5.73 Å². The molecule has 1 saturated heterocycles. The second-order valence-corrected chi connectivity index (χ2v) is 11.8. The Hall–Kier alpha value is -3.46. The first-order valence-corrected chi connectivity index (χ1v) is 14.6. The summed E-state index contributed by atoms with van der Waals surface area (Å²) in [6, 6.07) is 4.20. The first-order chi connectivity index (χ1) is 18.5. The number of aromatic hydroxyl groups is 1. The van der Waals surface area contributed by atoms with Gasteiger partial charge < -0.3 is 37.4 Å². The van der Waals surface area contributed by atoms with E-state index in [1.807, 2.05) is 0 Å². The highest BCUT2D eigenvalue weighted by Crippen LogP contribution is 2.32. The summed E-state index contributed by atoms with van der Waals surface area (Å²) in [5.74, 6) is -3.62. The molecule has 15 heteroatoms. The number of nitrogens with two attached hydrogens (primary N) is 1. The molecule has 1 aromatic carbocycles. The molecule has 214 valence electrons. The lowest BCUT2D eigenvalue weighted by atomic mass is 10.0. The summed E-state index contributed by atoms with van der Waals surface area (Å²) in [4.78, 5) is 74.2. The van der Waals surface area contributed by atoms with E-state index in [0.29, 0.717) is 12.2 Å². The van der Waals surface area contributed by atoms with Crippen molar-refractivity contribution < 1.29 is 33.9 Å². The minimum absolute atomic E-state index is 0.0724. The maximum Gasteiger partial charge on any atom is 0.243 e. The SMILES string of the molecule is CC(C)C1NC(=O)CNC(=O)CNC(=O)CNC(=O)CCSSC(Cc2ccc(O)cc2)C(C(N)=O)NC1=O. The Bertz CT molecular complexity index is 1050. The Morgan fingerprint density at radius 1 is 0.923 bits per heavy atom. The minimum atomic E-state index is -1.13. The second-order valence-electron chi connectivity index (χ2n) is 9.09. The predicted octanol–water partition coefficient (Wildman–Crippen LogP) is -1.45. The Balaban J connectivity index is 2.28. The van der Waals surface area contributed by atoms with E-state index in [9.17, 15) is 33.9 Å². The molecule has 6 amide bonds. The number of carbonyl (C=O) groups is 6. The van der Waals surface area contributed by atoms with Crippen LogP contribution in [0.15, 0.2) is 24.3 Å². The second kappa shape index (κ2) is 15.8. The summed E-state index contributed by atoms with van der Waals surface area (Å²) in [6.07, 6.45) is 0.370. The number of phenolic OH excluding ortho intramolecular Hbond substituents is 1. The number of primary amides is 1. The lowest BCUT2D eigenvalue weighted by Gasteiger charge is -2.28. The summed E-state index contributed by atoms with van der Waals surface area (Å²) >= 11 is 0. The largest absolute Gasteiger partial charge is 0.508 e. The van der Waals surface area contributed by atoms with Gasteiger partial charge >= 0.3 is 0 Å². The van der Waals surface area contributed by atoms with Crippen LogP contribution in [0.3, 0.4) is 0 Å². The molecule has 1 heterocycles. The molecule has 13 nitrogen and oxygen atoms in total. The van der Waals surface area contributed by atoms with Gasteiger partial charge in [-0.25, -0.2) is 0 Å². The van der Waals surface area contributed by atoms with E-state index >= 15 is 0 Å². The van der Waals surface area contributed by atoms with E-state index in [1.54, 1.807) is 26.0 Å². The average Bonchev–Trinajstić information content (AvgIpc) is 2.88. The molecule has 0 spiro atoms. The molecule has 0 saturated carbocycles. The fraction of sp³-hybridized carbons (Fsp3) is 0.500. The first-order valence-electron chi connectivity index (χ1n) is 12.2. The molecule has 1 fully saturated rings. The normalized spacial score (nSPS) is 23.1. The van der Waals surface area contributed by atoms with Gasteiger partial charge in [-0.05, 0) is 30.0 Å². The predicted molar refractivity (Wildman–Crippen MR) is 147 cm³/mol. The van der Waals surface area contributed by atoms with Crippen LogP contribution in [0.1, 0.15) is 25.8 Å². The molecule has 0 bridgehead atoms. The number of amides is 6. The number of benzene rings is 1. The third-order valence-corrected chi connectivity index (χ3v) is 8.40. The van der Waals surface area contributed by atoms with Crippen LogP contribution in [0, 0.1) is 5.92 Å².